The molecule has 32 heavy (non-hydrogen) atoms. The molecule has 2 aliphatic heterocycles. The maximum atomic E-state index is 13.5. The SMILES string of the molecule is O=C(c1cccc(N2C(=O)NC3(Cc4ccccc4C3)C2=O)c1)N1CCc2ccccc21. The van der Waals surface area contributed by atoms with Crippen molar-refractivity contribution in [2.24, 2.45) is 0 Å². The van der Waals surface area contributed by atoms with Gasteiger partial charge in [0.05, 0.1) is 5.69 Å². The summed E-state index contributed by atoms with van der Waals surface area (Å²) in [7, 11) is 0. The van der Waals surface area contributed by atoms with Gasteiger partial charge in [0.2, 0.25) is 0 Å². The highest BCUT2D eigenvalue weighted by Crippen LogP contribution is 2.37. The molecule has 1 spiro atoms. The molecule has 6 rings (SSSR count). The van der Waals surface area contributed by atoms with Crippen molar-refractivity contribution < 1.29 is 14.4 Å². The lowest BCUT2D eigenvalue weighted by Crippen LogP contribution is -2.48. The van der Waals surface area contributed by atoms with Crippen LogP contribution in [0.3, 0.4) is 0 Å². The number of urea groups is 1. The highest BCUT2D eigenvalue weighted by atomic mass is 16.2. The van der Waals surface area contributed by atoms with E-state index in [2.05, 4.69) is 5.32 Å². The minimum Gasteiger partial charge on any atom is -0.322 e. The van der Waals surface area contributed by atoms with E-state index >= 15 is 0 Å². The number of fused-ring (bicyclic) bond motifs is 2. The third kappa shape index (κ3) is 2.69. The second-order valence-electron chi connectivity index (χ2n) is 8.66. The van der Waals surface area contributed by atoms with Gasteiger partial charge in [0.25, 0.3) is 11.8 Å². The van der Waals surface area contributed by atoms with Crippen LogP contribution in [-0.2, 0) is 24.1 Å². The van der Waals surface area contributed by atoms with Gasteiger partial charge in [0.15, 0.2) is 0 Å². The van der Waals surface area contributed by atoms with E-state index in [-0.39, 0.29) is 11.8 Å². The summed E-state index contributed by atoms with van der Waals surface area (Å²) in [6.07, 6.45) is 1.78. The molecule has 0 aromatic heterocycles. The second-order valence-corrected chi connectivity index (χ2v) is 8.66. The van der Waals surface area contributed by atoms with E-state index in [9.17, 15) is 14.4 Å². The number of amides is 4. The van der Waals surface area contributed by atoms with Gasteiger partial charge in [-0.05, 0) is 47.4 Å². The Labute approximate surface area is 185 Å². The summed E-state index contributed by atoms with van der Waals surface area (Å²) in [4.78, 5) is 42.6. The van der Waals surface area contributed by atoms with Gasteiger partial charge in [-0.1, -0.05) is 48.5 Å². The monoisotopic (exact) mass is 423 g/mol. The van der Waals surface area contributed by atoms with Crippen molar-refractivity contribution in [1.82, 2.24) is 5.32 Å². The Hall–Kier alpha value is -3.93. The van der Waals surface area contributed by atoms with Gasteiger partial charge < -0.3 is 10.2 Å². The smallest absolute Gasteiger partial charge is 0.322 e. The van der Waals surface area contributed by atoms with E-state index in [0.29, 0.717) is 30.6 Å². The molecule has 0 atom stereocenters. The van der Waals surface area contributed by atoms with E-state index in [0.717, 1.165) is 28.8 Å². The van der Waals surface area contributed by atoms with Gasteiger partial charge in [0, 0.05) is 30.6 Å². The molecule has 1 saturated heterocycles. The highest BCUT2D eigenvalue weighted by Gasteiger charge is 2.54. The molecule has 6 heteroatoms. The molecular formula is C26H21N3O3. The number of benzene rings is 3. The standard InChI is InChI=1S/C26H21N3O3/c30-23(28-13-12-17-6-3-4-11-22(17)28)18-9-5-10-21(14-18)29-24(31)26(27-25(29)32)15-19-7-1-2-8-20(19)16-26/h1-11,14H,12-13,15-16H2,(H,27,32). The van der Waals surface area contributed by atoms with Crippen LogP contribution in [0, 0.1) is 0 Å². The van der Waals surface area contributed by atoms with Crippen molar-refractivity contribution in [3.63, 3.8) is 0 Å². The minimum absolute atomic E-state index is 0.133. The van der Waals surface area contributed by atoms with Crippen molar-refractivity contribution in [2.45, 2.75) is 24.8 Å². The molecule has 2 heterocycles. The molecule has 0 unspecified atom stereocenters. The van der Waals surface area contributed by atoms with Crippen molar-refractivity contribution in [2.75, 3.05) is 16.3 Å². The molecular weight excluding hydrogens is 402 g/mol. The molecule has 158 valence electrons. The maximum Gasteiger partial charge on any atom is 0.329 e. The normalized spacial score (nSPS) is 18.1. The van der Waals surface area contributed by atoms with Gasteiger partial charge in [-0.25, -0.2) is 9.69 Å². The number of imide groups is 1. The topological polar surface area (TPSA) is 69.7 Å². The van der Waals surface area contributed by atoms with Crippen molar-refractivity contribution in [1.29, 1.82) is 0 Å². The average molecular weight is 423 g/mol. The Bertz CT molecular complexity index is 1270. The summed E-state index contributed by atoms with van der Waals surface area (Å²) in [5.74, 6) is -0.401. The van der Waals surface area contributed by atoms with Crippen molar-refractivity contribution >= 4 is 29.2 Å². The van der Waals surface area contributed by atoms with E-state index in [1.54, 1.807) is 29.2 Å². The van der Waals surface area contributed by atoms with Gasteiger partial charge in [-0.2, -0.15) is 0 Å². The van der Waals surface area contributed by atoms with Crippen LogP contribution in [0.15, 0.2) is 72.8 Å². The van der Waals surface area contributed by atoms with Gasteiger partial charge in [0.1, 0.15) is 5.54 Å². The van der Waals surface area contributed by atoms with Crippen molar-refractivity contribution in [3.8, 4) is 0 Å². The first kappa shape index (κ1) is 18.8. The number of carbonyl (C=O) groups is 3. The van der Waals surface area contributed by atoms with E-state index < -0.39 is 11.6 Å². The Morgan fingerprint density at radius 2 is 1.53 bits per heavy atom. The number of carbonyl (C=O) groups excluding carboxylic acids is 3. The quantitative estimate of drug-likeness (QED) is 0.642. The van der Waals surface area contributed by atoms with Crippen molar-refractivity contribution in [3.05, 3.63) is 95.1 Å². The first-order chi connectivity index (χ1) is 15.6. The molecule has 0 radical (unpaired) electrons. The summed E-state index contributed by atoms with van der Waals surface area (Å²) in [6.45, 7) is 0.618. The lowest BCUT2D eigenvalue weighted by Gasteiger charge is -2.21. The lowest BCUT2D eigenvalue weighted by atomic mass is 9.95. The molecule has 3 aliphatic rings. The Kier molecular flexibility index (Phi) is 3.99. The van der Waals surface area contributed by atoms with E-state index in [1.807, 2.05) is 48.5 Å². The molecule has 0 bridgehead atoms. The van der Waals surface area contributed by atoms with Gasteiger partial charge in [-0.3, -0.25) is 9.59 Å². The molecule has 1 aliphatic carbocycles. The van der Waals surface area contributed by atoms with Crippen LogP contribution in [0.1, 0.15) is 27.0 Å². The number of nitrogens with one attached hydrogen (secondary N) is 1. The summed E-state index contributed by atoms with van der Waals surface area (Å²) in [5.41, 5.74) is 4.15. The van der Waals surface area contributed by atoms with E-state index in [1.165, 1.54) is 4.90 Å². The van der Waals surface area contributed by atoms with Gasteiger partial charge >= 0.3 is 6.03 Å². The average Bonchev–Trinajstić information content (AvgIpc) is 3.46. The molecule has 0 saturated carbocycles. The summed E-state index contributed by atoms with van der Waals surface area (Å²) in [6, 6.07) is 22.1. The molecule has 1 N–H and O–H groups in total. The third-order valence-electron chi connectivity index (χ3n) is 6.75. The Morgan fingerprint density at radius 1 is 0.844 bits per heavy atom. The predicted octanol–water partition coefficient (Wildman–Crippen LogP) is 3.48. The first-order valence-corrected chi connectivity index (χ1v) is 10.8. The van der Waals surface area contributed by atoms with Gasteiger partial charge in [-0.15, -0.1) is 0 Å². The fourth-order valence-electron chi connectivity index (χ4n) is 5.19. The number of hydrogen-bond donors (Lipinski definition) is 1. The fourth-order valence-corrected chi connectivity index (χ4v) is 5.19. The largest absolute Gasteiger partial charge is 0.329 e. The zero-order valence-electron chi connectivity index (χ0n) is 17.4. The second kappa shape index (κ2) is 6.79. The fraction of sp³-hybridized carbons (Fsp3) is 0.192. The summed E-state index contributed by atoms with van der Waals surface area (Å²) in [5, 5.41) is 2.93. The van der Waals surface area contributed by atoms with Crippen LogP contribution < -0.4 is 15.1 Å². The number of anilines is 2. The molecule has 6 nitrogen and oxygen atoms in total. The van der Waals surface area contributed by atoms with E-state index in [4.69, 9.17) is 0 Å². The molecule has 3 aromatic rings. The molecule has 3 aromatic carbocycles. The zero-order valence-corrected chi connectivity index (χ0v) is 17.4. The highest BCUT2D eigenvalue weighted by molar-refractivity contribution is 6.24. The minimum atomic E-state index is -0.950. The summed E-state index contributed by atoms with van der Waals surface area (Å²) >= 11 is 0. The van der Waals surface area contributed by atoms with Crippen LogP contribution in [0.25, 0.3) is 0 Å². The lowest BCUT2D eigenvalue weighted by molar-refractivity contribution is -0.121. The molecule has 1 fully saturated rings. The predicted molar refractivity (Wildman–Crippen MR) is 121 cm³/mol. The van der Waals surface area contributed by atoms with Crippen LogP contribution in [-0.4, -0.2) is 29.9 Å². The van der Waals surface area contributed by atoms with Crippen LogP contribution >= 0.6 is 0 Å². The number of nitrogens with zero attached hydrogens (tertiary/aromatic N) is 2. The number of para-hydroxylation sites is 1. The zero-order chi connectivity index (χ0) is 21.9. The third-order valence-corrected chi connectivity index (χ3v) is 6.75. The summed E-state index contributed by atoms with van der Waals surface area (Å²) < 4.78 is 0. The molecule has 4 amide bonds. The Balaban J connectivity index is 1.30. The van der Waals surface area contributed by atoms with Crippen LogP contribution in [0.2, 0.25) is 0 Å². The van der Waals surface area contributed by atoms with Crippen LogP contribution in [0.5, 0.6) is 0 Å². The maximum absolute atomic E-state index is 13.5. The first-order valence-electron chi connectivity index (χ1n) is 10.8. The Morgan fingerprint density at radius 3 is 2.28 bits per heavy atom. The van der Waals surface area contributed by atoms with Crippen LogP contribution in [0.4, 0.5) is 16.2 Å². The number of hydrogen-bond acceptors (Lipinski definition) is 3. The number of rotatable bonds is 2.